The topological polar surface area (TPSA) is 65.6 Å². The van der Waals surface area contributed by atoms with Crippen molar-refractivity contribution in [2.75, 3.05) is 11.5 Å². The number of fused-ring (bicyclic) bond motifs is 1. The van der Waals surface area contributed by atoms with Crippen LogP contribution in [0.25, 0.3) is 22.0 Å². The van der Waals surface area contributed by atoms with E-state index in [9.17, 15) is 17.8 Å². The average Bonchev–Trinajstić information content (AvgIpc) is 3.45. The van der Waals surface area contributed by atoms with E-state index in [1.807, 2.05) is 6.07 Å². The van der Waals surface area contributed by atoms with E-state index in [0.717, 1.165) is 25.0 Å². The summed E-state index contributed by atoms with van der Waals surface area (Å²) in [7, 11) is 0.696. The van der Waals surface area contributed by atoms with Crippen molar-refractivity contribution in [2.24, 2.45) is 11.4 Å². The monoisotopic (exact) mass is 627 g/mol. The summed E-state index contributed by atoms with van der Waals surface area (Å²) in [6.45, 7) is 0. The molecule has 3 heterocycles. The molecule has 35 heavy (non-hydrogen) atoms. The van der Waals surface area contributed by atoms with E-state index in [0.29, 0.717) is 45.0 Å². The van der Waals surface area contributed by atoms with Crippen molar-refractivity contribution in [3.05, 3.63) is 76.8 Å². The van der Waals surface area contributed by atoms with E-state index >= 15 is 0 Å². The molecule has 1 fully saturated rings. The van der Waals surface area contributed by atoms with Crippen molar-refractivity contribution in [3.63, 3.8) is 0 Å². The Kier molecular flexibility index (Phi) is 6.66. The van der Waals surface area contributed by atoms with Crippen LogP contribution in [0, 0.1) is 11.6 Å². The molecule has 5 rings (SSSR count). The van der Waals surface area contributed by atoms with Gasteiger partial charge in [0.2, 0.25) is 0 Å². The van der Waals surface area contributed by atoms with Gasteiger partial charge < -0.3 is 9.30 Å². The molecule has 0 N–H and O–H groups in total. The molecule has 11 heteroatoms. The molecule has 0 saturated carbocycles. The van der Waals surface area contributed by atoms with Crippen molar-refractivity contribution in [1.82, 2.24) is 8.54 Å². The molecule has 0 atom stereocenters. The fraction of sp³-hybridized carbons (Fsp3) is 0.208. The van der Waals surface area contributed by atoms with Crippen LogP contribution in [0.4, 0.5) is 14.5 Å². The Balaban J connectivity index is 1.75. The average molecular weight is 627 g/mol. The second-order valence-electron chi connectivity index (χ2n) is 8.27. The normalized spacial score (nSPS) is 15.0. The van der Waals surface area contributed by atoms with E-state index < -0.39 is 21.4 Å². The summed E-state index contributed by atoms with van der Waals surface area (Å²) in [6.07, 6.45) is 5.25. The van der Waals surface area contributed by atoms with Crippen molar-refractivity contribution >= 4 is 56.6 Å². The first-order chi connectivity index (χ1) is 16.8. The summed E-state index contributed by atoms with van der Waals surface area (Å²) in [4.78, 5) is 12.9. The fourth-order valence-electron chi connectivity index (χ4n) is 4.19. The van der Waals surface area contributed by atoms with Gasteiger partial charge in [-0.25, -0.2) is 13.0 Å². The second-order valence-corrected chi connectivity index (χ2v) is 12.5. The first kappa shape index (κ1) is 24.3. The summed E-state index contributed by atoms with van der Waals surface area (Å²) in [5.41, 5.74) is 2.06. The molecule has 1 aliphatic rings. The van der Waals surface area contributed by atoms with Crippen LogP contribution in [0.5, 0.6) is 11.5 Å². The van der Waals surface area contributed by atoms with E-state index in [-0.39, 0.29) is 11.3 Å². The Morgan fingerprint density at radius 2 is 1.80 bits per heavy atom. The molecule has 2 aromatic heterocycles. The minimum atomic E-state index is -2.33. The minimum absolute atomic E-state index is 0.138. The Labute approximate surface area is 217 Å². The largest absolute Gasteiger partial charge is 0.454 e. The molecule has 4 aromatic rings. The van der Waals surface area contributed by atoms with Gasteiger partial charge in [-0.1, -0.05) is 0 Å². The van der Waals surface area contributed by atoms with E-state index in [4.69, 9.17) is 4.74 Å². The third-order valence-electron chi connectivity index (χ3n) is 5.88. The van der Waals surface area contributed by atoms with Crippen LogP contribution in [-0.4, -0.2) is 24.3 Å². The molecule has 0 unspecified atom stereocenters. The zero-order valence-corrected chi connectivity index (χ0v) is 22.3. The number of hydrogen-bond donors (Lipinski definition) is 0. The first-order valence-electron chi connectivity index (χ1n) is 10.8. The number of halogens is 3. The van der Waals surface area contributed by atoms with Gasteiger partial charge in [0.05, 0.1) is 15.4 Å². The van der Waals surface area contributed by atoms with Crippen LogP contribution in [-0.2, 0) is 16.8 Å². The minimum Gasteiger partial charge on any atom is -0.454 e. The predicted octanol–water partition coefficient (Wildman–Crippen LogP) is 6.82. The molecule has 1 saturated heterocycles. The Bertz CT molecular complexity index is 1630. The molecule has 0 radical (unpaired) electrons. The predicted molar refractivity (Wildman–Crippen MR) is 145 cm³/mol. The van der Waals surface area contributed by atoms with Crippen LogP contribution < -0.4 is 10.3 Å². The van der Waals surface area contributed by atoms with Gasteiger partial charge in [0, 0.05) is 83.9 Å². The quantitative estimate of drug-likeness (QED) is 0.228. The number of aromatic nitrogens is 2. The summed E-state index contributed by atoms with van der Waals surface area (Å²) < 4.78 is 54.6. The zero-order chi connectivity index (χ0) is 24.7. The van der Waals surface area contributed by atoms with Gasteiger partial charge in [-0.2, -0.15) is 4.36 Å². The number of benzene rings is 2. The Morgan fingerprint density at radius 3 is 2.51 bits per heavy atom. The van der Waals surface area contributed by atoms with Gasteiger partial charge >= 0.3 is 0 Å². The number of ether oxygens (including phenoxy) is 1. The van der Waals surface area contributed by atoms with Crippen LogP contribution in [0.2, 0.25) is 0 Å². The van der Waals surface area contributed by atoms with Crippen LogP contribution in [0.15, 0.2) is 64.0 Å². The molecule has 0 spiro atoms. The Morgan fingerprint density at radius 1 is 1.06 bits per heavy atom. The molecule has 182 valence electrons. The van der Waals surface area contributed by atoms with Gasteiger partial charge in [0.1, 0.15) is 17.1 Å². The summed E-state index contributed by atoms with van der Waals surface area (Å²) >= 11 is 2.10. The number of pyridine rings is 1. The highest BCUT2D eigenvalue weighted by atomic mass is 127. The van der Waals surface area contributed by atoms with Gasteiger partial charge in [-0.15, -0.1) is 0 Å². The molecule has 0 bridgehead atoms. The number of aryl methyl sites for hydroxylation is 1. The van der Waals surface area contributed by atoms with Crippen molar-refractivity contribution in [3.8, 4) is 22.6 Å². The molecular weight excluding hydrogens is 607 g/mol. The van der Waals surface area contributed by atoms with Gasteiger partial charge in [-0.3, -0.25) is 8.77 Å². The smallest absolute Gasteiger partial charge is 0.275 e. The summed E-state index contributed by atoms with van der Waals surface area (Å²) in [6, 6.07) is 9.99. The van der Waals surface area contributed by atoms with Gasteiger partial charge in [-0.05, 0) is 49.2 Å². The summed E-state index contributed by atoms with van der Waals surface area (Å²) in [5, 5.41) is 0.684. The number of hydrogen-bond acceptors (Lipinski definition) is 5. The lowest BCUT2D eigenvalue weighted by Crippen LogP contribution is -2.17. The molecular formula is C24H20F2IN3O3S2. The first-order valence-corrected chi connectivity index (χ1v) is 15.9. The van der Waals surface area contributed by atoms with Crippen molar-refractivity contribution in [2.45, 2.75) is 12.8 Å². The van der Waals surface area contributed by atoms with Crippen molar-refractivity contribution < 1.29 is 17.7 Å². The third-order valence-corrected chi connectivity index (χ3v) is 10.0. The maximum atomic E-state index is 14.4. The maximum absolute atomic E-state index is 14.4. The lowest BCUT2D eigenvalue weighted by molar-refractivity contribution is 0.439. The molecule has 0 aliphatic carbocycles. The lowest BCUT2D eigenvalue weighted by atomic mass is 10.0. The molecule has 2 aromatic carbocycles. The lowest BCUT2D eigenvalue weighted by Gasteiger charge is -2.15. The van der Waals surface area contributed by atoms with Gasteiger partial charge in [0.15, 0.2) is 11.6 Å². The van der Waals surface area contributed by atoms with Crippen molar-refractivity contribution in [1.29, 1.82) is 0 Å². The fourth-order valence-corrected chi connectivity index (χ4v) is 7.73. The van der Waals surface area contributed by atoms with E-state index in [1.54, 1.807) is 41.6 Å². The highest BCUT2D eigenvalue weighted by molar-refractivity contribution is 14.2. The third kappa shape index (κ3) is 4.73. The highest BCUT2D eigenvalue weighted by Crippen LogP contribution is 2.41. The van der Waals surface area contributed by atoms with Crippen LogP contribution in [0.3, 0.4) is 0 Å². The number of rotatable bonds is 5. The maximum Gasteiger partial charge on any atom is 0.275 e. The highest BCUT2D eigenvalue weighted by Gasteiger charge is 2.20. The van der Waals surface area contributed by atoms with Crippen LogP contribution in [0.1, 0.15) is 12.8 Å². The Hall–Kier alpha value is -2.38. The molecule has 1 aliphatic heterocycles. The SMILES string of the molecule is Cn1cc(-c2cc(N=S3(=O)CCCC3)ccc2Oc2ccc(F)cc2F)c2ccn(SI)c2c1=O. The van der Waals surface area contributed by atoms with Crippen LogP contribution >= 0.6 is 30.3 Å². The van der Waals surface area contributed by atoms with E-state index in [1.165, 1.54) is 19.8 Å². The standard InChI is InChI=1S/C24H20F2IN3O3S2/c1-29-14-19(17-8-9-30(34-27)23(17)24(29)31)18-13-16(28-35(32)10-2-3-11-35)5-7-21(18)33-22-6-4-15(25)12-20(22)26/h4-9,12-14H,2-3,10-11H2,1H3. The zero-order valence-electron chi connectivity index (χ0n) is 18.5. The molecule has 0 amide bonds. The second kappa shape index (κ2) is 9.58. The van der Waals surface area contributed by atoms with E-state index in [2.05, 4.69) is 25.6 Å². The molecule has 6 nitrogen and oxygen atoms in total. The van der Waals surface area contributed by atoms with Gasteiger partial charge in [0.25, 0.3) is 5.56 Å². The summed E-state index contributed by atoms with van der Waals surface area (Å²) in [5.74, 6) is -0.271. The number of nitrogens with zero attached hydrogens (tertiary/aromatic N) is 3.